The van der Waals surface area contributed by atoms with Gasteiger partial charge in [-0.25, -0.2) is 4.98 Å². The zero-order valence-corrected chi connectivity index (χ0v) is 12.1. The molecule has 0 radical (unpaired) electrons. The Morgan fingerprint density at radius 3 is 2.58 bits per heavy atom. The number of thiocarbonyl (C=S) groups is 1. The third-order valence-electron chi connectivity index (χ3n) is 3.16. The van der Waals surface area contributed by atoms with Gasteiger partial charge in [0.05, 0.1) is 5.56 Å². The number of nitrogens with two attached hydrogens (primary N) is 1. The van der Waals surface area contributed by atoms with Gasteiger partial charge >= 0.3 is 0 Å². The van der Waals surface area contributed by atoms with Gasteiger partial charge in [0, 0.05) is 11.4 Å². The lowest BCUT2D eigenvalue weighted by molar-refractivity contribution is 1.19. The Bertz CT molecular complexity index is 635. The molecule has 0 unspecified atom stereocenters. The molecule has 0 fully saturated rings. The quantitative estimate of drug-likeness (QED) is 0.840. The van der Waals surface area contributed by atoms with Crippen LogP contribution < -0.4 is 11.1 Å². The van der Waals surface area contributed by atoms with Crippen LogP contribution in [0.15, 0.2) is 30.3 Å². The third kappa shape index (κ3) is 2.90. The molecule has 1 aromatic heterocycles. The van der Waals surface area contributed by atoms with Crippen molar-refractivity contribution in [2.24, 2.45) is 5.73 Å². The van der Waals surface area contributed by atoms with Crippen molar-refractivity contribution in [2.45, 2.75) is 20.8 Å². The number of benzene rings is 1. The Hall–Kier alpha value is -1.94. The Morgan fingerprint density at radius 1 is 1.16 bits per heavy atom. The number of aryl methyl sites for hydroxylation is 2. The van der Waals surface area contributed by atoms with E-state index in [0.29, 0.717) is 10.8 Å². The lowest BCUT2D eigenvalue weighted by atomic mass is 10.1. The first-order valence-corrected chi connectivity index (χ1v) is 6.50. The predicted octanol–water partition coefficient (Wildman–Crippen LogP) is 3.38. The van der Waals surface area contributed by atoms with Crippen molar-refractivity contribution in [1.29, 1.82) is 0 Å². The molecule has 1 heterocycles. The normalized spacial score (nSPS) is 10.3. The highest BCUT2D eigenvalue weighted by Crippen LogP contribution is 2.24. The number of aromatic nitrogens is 1. The number of hydrogen-bond donors (Lipinski definition) is 2. The van der Waals surface area contributed by atoms with Crippen molar-refractivity contribution >= 4 is 28.7 Å². The summed E-state index contributed by atoms with van der Waals surface area (Å²) in [5.41, 5.74) is 10.9. The van der Waals surface area contributed by atoms with Gasteiger partial charge < -0.3 is 11.1 Å². The van der Waals surface area contributed by atoms with Crippen molar-refractivity contribution in [3.05, 3.63) is 52.7 Å². The van der Waals surface area contributed by atoms with Crippen LogP contribution >= 0.6 is 12.2 Å². The van der Waals surface area contributed by atoms with Gasteiger partial charge in [-0.2, -0.15) is 0 Å². The third-order valence-corrected chi connectivity index (χ3v) is 3.38. The van der Waals surface area contributed by atoms with Crippen LogP contribution in [0.4, 0.5) is 11.5 Å². The summed E-state index contributed by atoms with van der Waals surface area (Å²) in [6, 6.07) is 9.93. The second-order valence-corrected chi connectivity index (χ2v) is 5.03. The molecule has 2 aromatic rings. The largest absolute Gasteiger partial charge is 0.389 e. The molecule has 0 aliphatic carbocycles. The van der Waals surface area contributed by atoms with Crippen molar-refractivity contribution in [3.63, 3.8) is 0 Å². The van der Waals surface area contributed by atoms with E-state index in [2.05, 4.69) is 30.2 Å². The molecule has 0 atom stereocenters. The molecule has 0 bridgehead atoms. The van der Waals surface area contributed by atoms with Gasteiger partial charge in [0.2, 0.25) is 0 Å². The van der Waals surface area contributed by atoms with Gasteiger partial charge in [-0.05, 0) is 50.1 Å². The molecule has 0 saturated carbocycles. The van der Waals surface area contributed by atoms with E-state index in [-0.39, 0.29) is 0 Å². The monoisotopic (exact) mass is 271 g/mol. The van der Waals surface area contributed by atoms with Crippen molar-refractivity contribution in [1.82, 2.24) is 4.98 Å². The van der Waals surface area contributed by atoms with E-state index in [4.69, 9.17) is 18.0 Å². The smallest absolute Gasteiger partial charge is 0.140 e. The molecular formula is C15H17N3S. The van der Waals surface area contributed by atoms with Gasteiger partial charge in [0.25, 0.3) is 0 Å². The fourth-order valence-corrected chi connectivity index (χ4v) is 2.03. The number of anilines is 2. The minimum Gasteiger partial charge on any atom is -0.389 e. The maximum Gasteiger partial charge on any atom is 0.140 e. The van der Waals surface area contributed by atoms with Crippen LogP contribution in [0.25, 0.3) is 0 Å². The maximum atomic E-state index is 5.74. The van der Waals surface area contributed by atoms with E-state index in [0.717, 1.165) is 16.9 Å². The summed E-state index contributed by atoms with van der Waals surface area (Å²) in [6.45, 7) is 6.10. The van der Waals surface area contributed by atoms with Gasteiger partial charge in [0.1, 0.15) is 10.8 Å². The SMILES string of the molecule is Cc1ccc(C(N)=S)c(Nc2cccc(C)c2C)n1. The van der Waals surface area contributed by atoms with E-state index in [9.17, 15) is 0 Å². The highest BCUT2D eigenvalue weighted by molar-refractivity contribution is 7.80. The molecule has 19 heavy (non-hydrogen) atoms. The molecule has 0 aliphatic rings. The first kappa shape index (κ1) is 13.5. The van der Waals surface area contributed by atoms with Crippen LogP contribution in [-0.2, 0) is 0 Å². The number of hydrogen-bond acceptors (Lipinski definition) is 3. The van der Waals surface area contributed by atoms with Gasteiger partial charge in [-0.1, -0.05) is 24.4 Å². The summed E-state index contributed by atoms with van der Waals surface area (Å²) >= 11 is 5.07. The molecule has 0 aliphatic heterocycles. The zero-order valence-electron chi connectivity index (χ0n) is 11.3. The summed E-state index contributed by atoms with van der Waals surface area (Å²) in [6.07, 6.45) is 0. The summed E-state index contributed by atoms with van der Waals surface area (Å²) in [4.78, 5) is 4.83. The van der Waals surface area contributed by atoms with E-state index >= 15 is 0 Å². The molecule has 98 valence electrons. The molecule has 1 aromatic carbocycles. The van der Waals surface area contributed by atoms with Crippen molar-refractivity contribution in [2.75, 3.05) is 5.32 Å². The van der Waals surface area contributed by atoms with Crippen LogP contribution in [0, 0.1) is 20.8 Å². The Kier molecular flexibility index (Phi) is 3.81. The molecule has 2 rings (SSSR count). The molecule has 3 N–H and O–H groups in total. The topological polar surface area (TPSA) is 50.9 Å². The van der Waals surface area contributed by atoms with E-state index in [1.165, 1.54) is 11.1 Å². The fourth-order valence-electron chi connectivity index (χ4n) is 1.86. The minimum absolute atomic E-state index is 0.348. The highest BCUT2D eigenvalue weighted by atomic mass is 32.1. The molecule has 0 spiro atoms. The average molecular weight is 271 g/mol. The number of nitrogens with zero attached hydrogens (tertiary/aromatic N) is 1. The Balaban J connectivity index is 2.45. The molecule has 4 heteroatoms. The van der Waals surface area contributed by atoms with E-state index in [1.807, 2.05) is 31.2 Å². The van der Waals surface area contributed by atoms with Crippen LogP contribution in [0.5, 0.6) is 0 Å². The number of nitrogens with one attached hydrogen (secondary N) is 1. The first-order valence-electron chi connectivity index (χ1n) is 6.09. The summed E-state index contributed by atoms with van der Waals surface area (Å²) in [5, 5.41) is 3.33. The summed E-state index contributed by atoms with van der Waals surface area (Å²) in [7, 11) is 0. The molecule has 0 amide bonds. The lowest BCUT2D eigenvalue weighted by Gasteiger charge is -2.14. The van der Waals surface area contributed by atoms with Gasteiger partial charge in [-0.3, -0.25) is 0 Å². The van der Waals surface area contributed by atoms with Crippen LogP contribution in [-0.4, -0.2) is 9.97 Å². The van der Waals surface area contributed by atoms with Crippen LogP contribution in [0.1, 0.15) is 22.4 Å². The van der Waals surface area contributed by atoms with Gasteiger partial charge in [0.15, 0.2) is 0 Å². The van der Waals surface area contributed by atoms with Crippen molar-refractivity contribution < 1.29 is 0 Å². The standard InChI is InChI=1S/C15H17N3S/c1-9-5-4-6-13(11(9)3)18-15-12(14(16)19)8-7-10(2)17-15/h4-8H,1-3H3,(H2,16,19)(H,17,18). The Labute approximate surface area is 118 Å². The second-order valence-electron chi connectivity index (χ2n) is 4.59. The predicted molar refractivity (Wildman–Crippen MR) is 84.1 cm³/mol. The minimum atomic E-state index is 0.348. The van der Waals surface area contributed by atoms with Gasteiger partial charge in [-0.15, -0.1) is 0 Å². The average Bonchev–Trinajstić information content (AvgIpc) is 2.35. The lowest BCUT2D eigenvalue weighted by Crippen LogP contribution is -2.13. The molecular weight excluding hydrogens is 254 g/mol. The zero-order chi connectivity index (χ0) is 14.0. The maximum absolute atomic E-state index is 5.74. The summed E-state index contributed by atoms with van der Waals surface area (Å²) in [5.74, 6) is 0.709. The van der Waals surface area contributed by atoms with Crippen LogP contribution in [0.3, 0.4) is 0 Å². The van der Waals surface area contributed by atoms with E-state index in [1.54, 1.807) is 0 Å². The fraction of sp³-hybridized carbons (Fsp3) is 0.200. The highest BCUT2D eigenvalue weighted by Gasteiger charge is 2.09. The number of pyridine rings is 1. The summed E-state index contributed by atoms with van der Waals surface area (Å²) < 4.78 is 0. The first-order chi connectivity index (χ1) is 8.99. The molecule has 0 saturated heterocycles. The Morgan fingerprint density at radius 2 is 1.89 bits per heavy atom. The molecule has 3 nitrogen and oxygen atoms in total. The van der Waals surface area contributed by atoms with Crippen LogP contribution in [0.2, 0.25) is 0 Å². The number of rotatable bonds is 3. The van der Waals surface area contributed by atoms with Crippen molar-refractivity contribution in [3.8, 4) is 0 Å². The second kappa shape index (κ2) is 5.36. The van der Waals surface area contributed by atoms with E-state index < -0.39 is 0 Å².